The van der Waals surface area contributed by atoms with Crippen LogP contribution in [-0.4, -0.2) is 51.7 Å². The number of carbonyl (C=O) groups is 3. The van der Waals surface area contributed by atoms with Gasteiger partial charge in [-0.15, -0.1) is 0 Å². The van der Waals surface area contributed by atoms with Crippen LogP contribution in [0.1, 0.15) is 77.6 Å². The molecule has 214 valence electrons. The molecule has 0 bridgehead atoms. The van der Waals surface area contributed by atoms with Crippen molar-refractivity contribution in [1.29, 1.82) is 0 Å². The van der Waals surface area contributed by atoms with Crippen LogP contribution in [0.25, 0.3) is 0 Å². The average Bonchev–Trinajstić information content (AvgIpc) is 2.86. The van der Waals surface area contributed by atoms with E-state index in [1.54, 1.807) is 32.9 Å². The molecule has 0 fully saturated rings. The summed E-state index contributed by atoms with van der Waals surface area (Å²) in [7, 11) is 0. The van der Waals surface area contributed by atoms with Gasteiger partial charge in [-0.1, -0.05) is 61.8 Å². The summed E-state index contributed by atoms with van der Waals surface area (Å²) < 4.78 is 5.31. The first-order chi connectivity index (χ1) is 18.1. The third-order valence-electron chi connectivity index (χ3n) is 6.61. The Labute approximate surface area is 237 Å². The fraction of sp³-hybridized carbons (Fsp3) is 0.500. The van der Waals surface area contributed by atoms with E-state index < -0.39 is 47.7 Å². The first kappa shape index (κ1) is 32.1. The molecule has 9 heteroatoms. The van der Waals surface area contributed by atoms with Crippen molar-refractivity contribution in [2.45, 2.75) is 91.5 Å². The number of nitrogens with zero attached hydrogens (tertiary/aromatic N) is 1. The largest absolute Gasteiger partial charge is 0.444 e. The van der Waals surface area contributed by atoms with Crippen LogP contribution in [0.2, 0.25) is 5.02 Å². The van der Waals surface area contributed by atoms with Crippen molar-refractivity contribution in [3.63, 3.8) is 0 Å². The van der Waals surface area contributed by atoms with Crippen LogP contribution >= 0.6 is 11.6 Å². The summed E-state index contributed by atoms with van der Waals surface area (Å²) in [5, 5.41) is 15.9. The molecule has 0 aliphatic rings. The molecule has 2 unspecified atom stereocenters. The van der Waals surface area contributed by atoms with Gasteiger partial charge in [-0.05, 0) is 77.1 Å². The third kappa shape index (κ3) is 8.44. The van der Waals surface area contributed by atoms with E-state index in [0.717, 1.165) is 17.5 Å². The van der Waals surface area contributed by atoms with Gasteiger partial charge in [0, 0.05) is 5.54 Å². The highest BCUT2D eigenvalue weighted by Gasteiger charge is 2.43. The van der Waals surface area contributed by atoms with E-state index >= 15 is 0 Å². The van der Waals surface area contributed by atoms with E-state index in [9.17, 15) is 19.5 Å². The number of hydrogen-bond donors (Lipinski definition) is 3. The summed E-state index contributed by atoms with van der Waals surface area (Å²) in [6.45, 7) is 13.9. The minimum absolute atomic E-state index is 0.371. The van der Waals surface area contributed by atoms with E-state index in [-0.39, 0.29) is 0 Å². The standard InChI is InChI=1S/C30H42ClN3O5/c1-9-20-14-16-21(17-15-20)25(26(36)33-24-19(3)12-11-13-22(24)31)34(30(7,8)10-2)27(37)23(18-35)32-28(38)39-29(4,5)6/h11-17,23,25,35H,9-10,18H2,1-8H3,(H,32,38)(H,33,36). The fourth-order valence-electron chi connectivity index (χ4n) is 4.08. The number of hydrogen-bond acceptors (Lipinski definition) is 5. The maximum atomic E-state index is 14.1. The smallest absolute Gasteiger partial charge is 0.408 e. The Balaban J connectivity index is 2.63. The quantitative estimate of drug-likeness (QED) is 0.341. The van der Waals surface area contributed by atoms with E-state index in [1.165, 1.54) is 4.90 Å². The van der Waals surface area contributed by atoms with E-state index in [4.69, 9.17) is 16.3 Å². The lowest BCUT2D eigenvalue weighted by atomic mass is 9.91. The molecule has 0 aliphatic heterocycles. The van der Waals surface area contributed by atoms with Gasteiger partial charge in [0.25, 0.3) is 5.91 Å². The Hall–Kier alpha value is -3.10. The Morgan fingerprint density at radius 2 is 1.64 bits per heavy atom. The van der Waals surface area contributed by atoms with Crippen molar-refractivity contribution in [3.05, 3.63) is 64.2 Å². The lowest BCUT2D eigenvalue weighted by Gasteiger charge is -2.44. The lowest BCUT2D eigenvalue weighted by molar-refractivity contribution is -0.148. The Kier molecular flexibility index (Phi) is 11.0. The topological polar surface area (TPSA) is 108 Å². The number of carbonyl (C=O) groups excluding carboxylic acids is 3. The molecule has 2 aromatic rings. The molecule has 2 atom stereocenters. The first-order valence-corrected chi connectivity index (χ1v) is 13.6. The second-order valence-corrected chi connectivity index (χ2v) is 11.6. The number of aliphatic hydroxyl groups is 1. The molecule has 0 saturated carbocycles. The summed E-state index contributed by atoms with van der Waals surface area (Å²) in [6.07, 6.45) is 0.459. The Morgan fingerprint density at radius 3 is 2.13 bits per heavy atom. The molecule has 39 heavy (non-hydrogen) atoms. The number of halogens is 1. The zero-order valence-corrected chi connectivity index (χ0v) is 25.0. The Bertz CT molecular complexity index is 1140. The molecule has 0 saturated heterocycles. The van der Waals surface area contributed by atoms with Gasteiger partial charge in [0.2, 0.25) is 5.91 Å². The fourth-order valence-corrected chi connectivity index (χ4v) is 4.35. The van der Waals surface area contributed by atoms with Crippen LogP contribution in [0.5, 0.6) is 0 Å². The molecule has 3 amide bonds. The number of alkyl carbamates (subject to hydrolysis) is 1. The van der Waals surface area contributed by atoms with Crippen LogP contribution in [0.15, 0.2) is 42.5 Å². The number of aliphatic hydroxyl groups excluding tert-OH is 1. The van der Waals surface area contributed by atoms with Gasteiger partial charge in [-0.3, -0.25) is 9.59 Å². The molecule has 0 aromatic heterocycles. The summed E-state index contributed by atoms with van der Waals surface area (Å²) >= 11 is 6.42. The molecule has 0 heterocycles. The number of amides is 3. The van der Waals surface area contributed by atoms with Crippen LogP contribution in [-0.2, 0) is 20.7 Å². The van der Waals surface area contributed by atoms with Crippen molar-refractivity contribution in [3.8, 4) is 0 Å². The van der Waals surface area contributed by atoms with E-state index in [0.29, 0.717) is 22.7 Å². The molecular formula is C30H42ClN3O5. The van der Waals surface area contributed by atoms with Gasteiger partial charge < -0.3 is 25.4 Å². The minimum atomic E-state index is -1.34. The average molecular weight is 560 g/mol. The molecule has 8 nitrogen and oxygen atoms in total. The molecule has 2 aromatic carbocycles. The van der Waals surface area contributed by atoms with Gasteiger partial charge in [-0.2, -0.15) is 0 Å². The highest BCUT2D eigenvalue weighted by atomic mass is 35.5. The van der Waals surface area contributed by atoms with Gasteiger partial charge in [0.1, 0.15) is 17.7 Å². The summed E-state index contributed by atoms with van der Waals surface area (Å²) in [5.74, 6) is -1.09. The van der Waals surface area contributed by atoms with Crippen molar-refractivity contribution < 1.29 is 24.2 Å². The summed E-state index contributed by atoms with van der Waals surface area (Å²) in [6, 6.07) is 10.4. The van der Waals surface area contributed by atoms with Crippen LogP contribution in [0.4, 0.5) is 10.5 Å². The number of anilines is 1. The number of benzene rings is 2. The summed E-state index contributed by atoms with van der Waals surface area (Å²) in [4.78, 5) is 42.1. The molecule has 2 rings (SSSR count). The van der Waals surface area contributed by atoms with Crippen LogP contribution in [0, 0.1) is 6.92 Å². The number of rotatable bonds is 10. The number of nitrogens with one attached hydrogen (secondary N) is 2. The highest BCUT2D eigenvalue weighted by molar-refractivity contribution is 6.34. The van der Waals surface area contributed by atoms with Crippen molar-refractivity contribution in [1.82, 2.24) is 10.2 Å². The zero-order valence-electron chi connectivity index (χ0n) is 24.2. The van der Waals surface area contributed by atoms with Gasteiger partial charge in [-0.25, -0.2) is 4.79 Å². The van der Waals surface area contributed by atoms with E-state index in [2.05, 4.69) is 10.6 Å². The second kappa shape index (κ2) is 13.3. The minimum Gasteiger partial charge on any atom is -0.444 e. The van der Waals surface area contributed by atoms with Crippen LogP contribution in [0.3, 0.4) is 0 Å². The first-order valence-electron chi connectivity index (χ1n) is 13.2. The predicted molar refractivity (Wildman–Crippen MR) is 155 cm³/mol. The SMILES string of the molecule is CCc1ccc(C(C(=O)Nc2c(C)cccc2Cl)N(C(=O)C(CO)NC(=O)OC(C)(C)C)C(C)(C)CC)cc1. The van der Waals surface area contributed by atoms with Crippen molar-refractivity contribution >= 4 is 35.2 Å². The molecule has 0 radical (unpaired) electrons. The molecular weight excluding hydrogens is 518 g/mol. The van der Waals surface area contributed by atoms with Gasteiger partial charge in [0.15, 0.2) is 0 Å². The van der Waals surface area contributed by atoms with E-state index in [1.807, 2.05) is 65.0 Å². The maximum Gasteiger partial charge on any atom is 0.408 e. The maximum absolute atomic E-state index is 14.1. The van der Waals surface area contributed by atoms with Gasteiger partial charge >= 0.3 is 6.09 Å². The number of ether oxygens (including phenoxy) is 1. The summed E-state index contributed by atoms with van der Waals surface area (Å²) in [5.41, 5.74) is 1.23. The van der Waals surface area contributed by atoms with Crippen molar-refractivity contribution in [2.24, 2.45) is 0 Å². The monoisotopic (exact) mass is 559 g/mol. The lowest BCUT2D eigenvalue weighted by Crippen LogP contribution is -2.59. The number of aryl methyl sites for hydroxylation is 2. The normalized spacial score (nSPS) is 13.3. The molecule has 0 spiro atoms. The van der Waals surface area contributed by atoms with Gasteiger partial charge in [0.05, 0.1) is 17.3 Å². The second-order valence-electron chi connectivity index (χ2n) is 11.2. The molecule has 0 aliphatic carbocycles. The predicted octanol–water partition coefficient (Wildman–Crippen LogP) is 5.79. The highest BCUT2D eigenvalue weighted by Crippen LogP contribution is 2.34. The zero-order chi connectivity index (χ0) is 29.5. The van der Waals surface area contributed by atoms with Crippen molar-refractivity contribution in [2.75, 3.05) is 11.9 Å². The molecule has 3 N–H and O–H groups in total. The third-order valence-corrected chi connectivity index (χ3v) is 6.92. The number of para-hydroxylation sites is 1. The van der Waals surface area contributed by atoms with Crippen LogP contribution < -0.4 is 10.6 Å². The Morgan fingerprint density at radius 1 is 1.03 bits per heavy atom.